The van der Waals surface area contributed by atoms with Gasteiger partial charge in [-0.05, 0) is 19.9 Å². The predicted octanol–water partition coefficient (Wildman–Crippen LogP) is 0.480. The first-order chi connectivity index (χ1) is 8.90. The molecule has 1 unspecified atom stereocenters. The van der Waals surface area contributed by atoms with Crippen molar-refractivity contribution in [2.75, 3.05) is 0 Å². The summed E-state index contributed by atoms with van der Waals surface area (Å²) in [6.45, 7) is 3.23. The Morgan fingerprint density at radius 3 is 2.79 bits per heavy atom. The van der Waals surface area contributed by atoms with Crippen LogP contribution in [0.2, 0.25) is 0 Å². The minimum Gasteiger partial charge on any atom is -0.480 e. The Balaban J connectivity index is 2.33. The molecular weight excluding hydrogens is 248 g/mol. The number of fused-ring (bicyclic) bond motifs is 1. The van der Waals surface area contributed by atoms with Crippen LogP contribution < -0.4 is 5.32 Å². The third-order valence-electron chi connectivity index (χ3n) is 2.84. The lowest BCUT2D eigenvalue weighted by atomic mass is 10.2. The third kappa shape index (κ3) is 2.40. The van der Waals surface area contributed by atoms with E-state index in [1.54, 1.807) is 17.8 Å². The molecule has 1 amide bonds. The van der Waals surface area contributed by atoms with E-state index in [4.69, 9.17) is 5.11 Å². The maximum absolute atomic E-state index is 11.9. The van der Waals surface area contributed by atoms with Crippen molar-refractivity contribution in [1.29, 1.82) is 0 Å². The van der Waals surface area contributed by atoms with Gasteiger partial charge in [-0.3, -0.25) is 14.3 Å². The van der Waals surface area contributed by atoms with E-state index in [1.807, 2.05) is 6.92 Å². The SMILES string of the molecule is Cc1nn(C)c2ncc(C(=O)NC(C)C(=O)O)cc12. The zero-order valence-electron chi connectivity index (χ0n) is 10.8. The summed E-state index contributed by atoms with van der Waals surface area (Å²) in [4.78, 5) is 26.7. The number of carbonyl (C=O) groups is 2. The van der Waals surface area contributed by atoms with Crippen molar-refractivity contribution in [2.24, 2.45) is 7.05 Å². The summed E-state index contributed by atoms with van der Waals surface area (Å²) in [6.07, 6.45) is 1.41. The lowest BCUT2D eigenvalue weighted by Gasteiger charge is -2.08. The number of carbonyl (C=O) groups excluding carboxylic acids is 1. The Labute approximate surface area is 109 Å². The summed E-state index contributed by atoms with van der Waals surface area (Å²) in [5, 5.41) is 16.1. The number of carboxylic acids is 1. The Morgan fingerprint density at radius 2 is 2.16 bits per heavy atom. The average molecular weight is 262 g/mol. The fourth-order valence-corrected chi connectivity index (χ4v) is 1.77. The number of nitrogens with zero attached hydrogens (tertiary/aromatic N) is 3. The molecule has 0 radical (unpaired) electrons. The minimum absolute atomic E-state index is 0.316. The van der Waals surface area contributed by atoms with Gasteiger partial charge in [-0.25, -0.2) is 4.98 Å². The summed E-state index contributed by atoms with van der Waals surface area (Å²) in [6, 6.07) is 0.715. The van der Waals surface area contributed by atoms with Gasteiger partial charge in [-0.2, -0.15) is 5.10 Å². The molecule has 2 aromatic heterocycles. The Hall–Kier alpha value is -2.44. The fourth-order valence-electron chi connectivity index (χ4n) is 1.77. The molecule has 0 aliphatic rings. The number of aromatic nitrogens is 3. The zero-order valence-corrected chi connectivity index (χ0v) is 10.8. The largest absolute Gasteiger partial charge is 0.480 e. The van der Waals surface area contributed by atoms with Crippen LogP contribution in [0.4, 0.5) is 0 Å². The van der Waals surface area contributed by atoms with E-state index in [2.05, 4.69) is 15.4 Å². The third-order valence-corrected chi connectivity index (χ3v) is 2.84. The van der Waals surface area contributed by atoms with Gasteiger partial charge in [0.1, 0.15) is 6.04 Å². The van der Waals surface area contributed by atoms with Gasteiger partial charge in [-0.1, -0.05) is 0 Å². The maximum Gasteiger partial charge on any atom is 0.325 e. The van der Waals surface area contributed by atoms with Crippen LogP contribution in [0, 0.1) is 6.92 Å². The molecule has 2 heterocycles. The van der Waals surface area contributed by atoms with Crippen molar-refractivity contribution in [3.63, 3.8) is 0 Å². The van der Waals surface area contributed by atoms with E-state index < -0.39 is 17.9 Å². The van der Waals surface area contributed by atoms with E-state index in [0.717, 1.165) is 11.1 Å². The number of pyridine rings is 1. The topological polar surface area (TPSA) is 97.1 Å². The van der Waals surface area contributed by atoms with Crippen LogP contribution in [0.1, 0.15) is 23.0 Å². The van der Waals surface area contributed by atoms with Crippen molar-refractivity contribution in [3.8, 4) is 0 Å². The molecule has 0 aromatic carbocycles. The first-order valence-corrected chi connectivity index (χ1v) is 5.73. The van der Waals surface area contributed by atoms with Gasteiger partial charge in [0, 0.05) is 18.6 Å². The van der Waals surface area contributed by atoms with Crippen LogP contribution in [0.5, 0.6) is 0 Å². The molecule has 2 rings (SSSR count). The Morgan fingerprint density at radius 1 is 1.47 bits per heavy atom. The number of rotatable bonds is 3. The molecule has 7 nitrogen and oxygen atoms in total. The van der Waals surface area contributed by atoms with Gasteiger partial charge < -0.3 is 10.4 Å². The molecule has 100 valence electrons. The quantitative estimate of drug-likeness (QED) is 0.838. The van der Waals surface area contributed by atoms with Gasteiger partial charge in [0.2, 0.25) is 0 Å². The van der Waals surface area contributed by atoms with E-state index in [-0.39, 0.29) is 0 Å². The number of carboxylic acid groups (broad SMARTS) is 1. The second-order valence-corrected chi connectivity index (χ2v) is 4.34. The molecule has 1 atom stereocenters. The lowest BCUT2D eigenvalue weighted by Crippen LogP contribution is -2.38. The van der Waals surface area contributed by atoms with Crippen molar-refractivity contribution >= 4 is 22.9 Å². The second kappa shape index (κ2) is 4.68. The molecule has 2 aromatic rings. The standard InChI is InChI=1S/C12H14N4O3/c1-6-9-4-8(5-13-10(9)16(3)15-6)11(17)14-7(2)12(18)19/h4-5,7H,1-3H3,(H,14,17)(H,18,19). The summed E-state index contributed by atoms with van der Waals surface area (Å²) in [7, 11) is 1.77. The highest BCUT2D eigenvalue weighted by molar-refractivity contribution is 5.98. The Bertz CT molecular complexity index is 662. The highest BCUT2D eigenvalue weighted by atomic mass is 16.4. The number of hydrogen-bond donors (Lipinski definition) is 2. The first-order valence-electron chi connectivity index (χ1n) is 5.73. The molecule has 19 heavy (non-hydrogen) atoms. The molecule has 0 saturated carbocycles. The van der Waals surface area contributed by atoms with Crippen LogP contribution in [-0.2, 0) is 11.8 Å². The Kier molecular flexibility index (Phi) is 3.20. The molecule has 0 bridgehead atoms. The highest BCUT2D eigenvalue weighted by Crippen LogP contribution is 2.16. The molecule has 0 spiro atoms. The zero-order chi connectivity index (χ0) is 14.2. The molecule has 7 heteroatoms. The van der Waals surface area contributed by atoms with Gasteiger partial charge in [-0.15, -0.1) is 0 Å². The number of hydrogen-bond acceptors (Lipinski definition) is 4. The second-order valence-electron chi connectivity index (χ2n) is 4.34. The summed E-state index contributed by atoms with van der Waals surface area (Å²) >= 11 is 0. The molecule has 2 N–H and O–H groups in total. The van der Waals surface area contributed by atoms with Gasteiger partial charge in [0.25, 0.3) is 5.91 Å². The van der Waals surface area contributed by atoms with Gasteiger partial charge >= 0.3 is 5.97 Å². The number of amides is 1. The highest BCUT2D eigenvalue weighted by Gasteiger charge is 2.17. The minimum atomic E-state index is -1.08. The molecule has 0 aliphatic carbocycles. The number of nitrogens with one attached hydrogen (secondary N) is 1. The van der Waals surface area contributed by atoms with E-state index in [9.17, 15) is 9.59 Å². The predicted molar refractivity (Wildman–Crippen MR) is 67.8 cm³/mol. The molecule has 0 fully saturated rings. The number of aliphatic carboxylic acids is 1. The average Bonchev–Trinajstić information content (AvgIpc) is 2.64. The smallest absolute Gasteiger partial charge is 0.325 e. The van der Waals surface area contributed by atoms with Crippen molar-refractivity contribution in [2.45, 2.75) is 19.9 Å². The van der Waals surface area contributed by atoms with Gasteiger partial charge in [0.05, 0.1) is 11.3 Å². The van der Waals surface area contributed by atoms with Crippen LogP contribution in [0.15, 0.2) is 12.3 Å². The van der Waals surface area contributed by atoms with Crippen molar-refractivity contribution < 1.29 is 14.7 Å². The normalized spacial score (nSPS) is 12.4. The lowest BCUT2D eigenvalue weighted by molar-refractivity contribution is -0.138. The van der Waals surface area contributed by atoms with Crippen LogP contribution in [-0.4, -0.2) is 37.8 Å². The summed E-state index contributed by atoms with van der Waals surface area (Å²) in [5.41, 5.74) is 1.77. The van der Waals surface area contributed by atoms with E-state index in [1.165, 1.54) is 13.1 Å². The molecule has 0 saturated heterocycles. The van der Waals surface area contributed by atoms with Crippen LogP contribution >= 0.6 is 0 Å². The van der Waals surface area contributed by atoms with E-state index in [0.29, 0.717) is 11.2 Å². The molecular formula is C12H14N4O3. The van der Waals surface area contributed by atoms with Crippen molar-refractivity contribution in [3.05, 3.63) is 23.5 Å². The fraction of sp³-hybridized carbons (Fsp3) is 0.333. The van der Waals surface area contributed by atoms with E-state index >= 15 is 0 Å². The maximum atomic E-state index is 11.9. The summed E-state index contributed by atoms with van der Waals surface area (Å²) in [5.74, 6) is -1.55. The summed E-state index contributed by atoms with van der Waals surface area (Å²) < 4.78 is 1.63. The molecule has 0 aliphatic heterocycles. The monoisotopic (exact) mass is 262 g/mol. The van der Waals surface area contributed by atoms with Crippen LogP contribution in [0.25, 0.3) is 11.0 Å². The number of aryl methyl sites for hydroxylation is 2. The first kappa shape index (κ1) is 13.0. The van der Waals surface area contributed by atoms with Gasteiger partial charge in [0.15, 0.2) is 5.65 Å². The van der Waals surface area contributed by atoms with Crippen LogP contribution in [0.3, 0.4) is 0 Å². The van der Waals surface area contributed by atoms with Crippen molar-refractivity contribution in [1.82, 2.24) is 20.1 Å².